The third-order valence-corrected chi connectivity index (χ3v) is 0.921. The van der Waals surface area contributed by atoms with Gasteiger partial charge in [0.25, 0.3) is 0 Å². The van der Waals surface area contributed by atoms with Crippen molar-refractivity contribution < 1.29 is 26.3 Å². The van der Waals surface area contributed by atoms with E-state index in [1.165, 1.54) is 0 Å². The third kappa shape index (κ3) is 13.1. The van der Waals surface area contributed by atoms with Crippen molar-refractivity contribution in [2.45, 2.75) is 31.6 Å². The summed E-state index contributed by atoms with van der Waals surface area (Å²) in [5.41, 5.74) is 0. The molecule has 0 spiro atoms. The molecular formula is C5H6BiF6. The average molecular weight is 389 g/mol. The van der Waals surface area contributed by atoms with Gasteiger partial charge in [-0.3, -0.25) is 0 Å². The largest absolute Gasteiger partial charge is 0.389 e. The van der Waals surface area contributed by atoms with Crippen LogP contribution in [0.15, 0.2) is 0 Å². The molecule has 0 bridgehead atoms. The molecule has 7 heteroatoms. The van der Waals surface area contributed by atoms with Gasteiger partial charge in [-0.05, 0) is 6.42 Å². The van der Waals surface area contributed by atoms with Crippen LogP contribution in [0.4, 0.5) is 26.3 Å². The summed E-state index contributed by atoms with van der Waals surface area (Å²) in [5, 5.41) is 0. The van der Waals surface area contributed by atoms with Gasteiger partial charge in [0.15, 0.2) is 0 Å². The molecule has 0 amide bonds. The van der Waals surface area contributed by atoms with Gasteiger partial charge in [0.2, 0.25) is 0 Å². The molecule has 0 aliphatic heterocycles. The molecule has 0 aromatic rings. The zero-order chi connectivity index (χ0) is 9.12. The van der Waals surface area contributed by atoms with Gasteiger partial charge in [0.1, 0.15) is 0 Å². The van der Waals surface area contributed by atoms with Crippen molar-refractivity contribution in [2.24, 2.45) is 0 Å². The Balaban J connectivity index is 0. The summed E-state index contributed by atoms with van der Waals surface area (Å²) in [7, 11) is 0. The van der Waals surface area contributed by atoms with Crippen LogP contribution >= 0.6 is 0 Å². The molecule has 0 aliphatic rings. The van der Waals surface area contributed by atoms with E-state index < -0.39 is 31.6 Å². The molecule has 0 saturated carbocycles. The van der Waals surface area contributed by atoms with E-state index in [0.717, 1.165) is 0 Å². The fraction of sp³-hybridized carbons (Fsp3) is 1.00. The Morgan fingerprint density at radius 1 is 0.667 bits per heavy atom. The zero-order valence-corrected chi connectivity index (χ0v) is 9.31. The SMILES string of the molecule is FC(F)(F)CCCC(F)(F)F.[Bi]. The molecule has 73 valence electrons. The van der Waals surface area contributed by atoms with Crippen LogP contribution in [0.3, 0.4) is 0 Å². The molecule has 0 nitrogen and oxygen atoms in total. The molecule has 0 heterocycles. The van der Waals surface area contributed by atoms with Crippen molar-refractivity contribution in [3.8, 4) is 0 Å². The van der Waals surface area contributed by atoms with Crippen LogP contribution in [-0.4, -0.2) is 38.6 Å². The second kappa shape index (κ2) is 5.25. The van der Waals surface area contributed by atoms with Crippen LogP contribution in [0.5, 0.6) is 0 Å². The second-order valence-corrected chi connectivity index (χ2v) is 2.08. The van der Waals surface area contributed by atoms with Crippen LogP contribution in [0, 0.1) is 0 Å². The monoisotopic (exact) mass is 389 g/mol. The van der Waals surface area contributed by atoms with Crippen LogP contribution in [0.2, 0.25) is 0 Å². The number of hydrogen-bond acceptors (Lipinski definition) is 0. The maximum atomic E-state index is 11.3. The molecule has 0 N–H and O–H groups in total. The van der Waals surface area contributed by atoms with E-state index in [1.54, 1.807) is 0 Å². The molecule has 0 aromatic heterocycles. The Kier molecular flexibility index (Phi) is 6.54. The quantitative estimate of drug-likeness (QED) is 0.504. The first-order valence-corrected chi connectivity index (χ1v) is 2.84. The van der Waals surface area contributed by atoms with E-state index >= 15 is 0 Å². The minimum atomic E-state index is -4.48. The minimum Gasteiger partial charge on any atom is -0.171 e. The van der Waals surface area contributed by atoms with Gasteiger partial charge in [0.05, 0.1) is 0 Å². The summed E-state index contributed by atoms with van der Waals surface area (Å²) in [5.74, 6) is 0. The average Bonchev–Trinajstić information content (AvgIpc) is 1.55. The van der Waals surface area contributed by atoms with Gasteiger partial charge in [0, 0.05) is 39.0 Å². The van der Waals surface area contributed by atoms with Crippen LogP contribution < -0.4 is 0 Å². The standard InChI is InChI=1S/C5H6F6.Bi/c6-4(7,8)2-1-3-5(9,10)11;/h1-3H2;. The topological polar surface area (TPSA) is 0 Å². The predicted molar refractivity (Wildman–Crippen MR) is 31.7 cm³/mol. The maximum absolute atomic E-state index is 11.3. The molecule has 0 aromatic carbocycles. The van der Waals surface area contributed by atoms with Crippen molar-refractivity contribution in [3.05, 3.63) is 0 Å². The summed E-state index contributed by atoms with van der Waals surface area (Å²) in [6.07, 6.45) is -12.6. The Hall–Kier alpha value is 0.463. The summed E-state index contributed by atoms with van der Waals surface area (Å²) < 4.78 is 67.6. The van der Waals surface area contributed by atoms with Gasteiger partial charge in [-0.2, -0.15) is 26.3 Å². The zero-order valence-electron chi connectivity index (χ0n) is 5.84. The first-order chi connectivity index (χ1) is 4.71. The smallest absolute Gasteiger partial charge is 0.171 e. The third-order valence-electron chi connectivity index (χ3n) is 0.921. The van der Waals surface area contributed by atoms with Crippen LogP contribution in [-0.2, 0) is 0 Å². The normalized spacial score (nSPS) is 12.5. The van der Waals surface area contributed by atoms with Crippen LogP contribution in [0.1, 0.15) is 19.3 Å². The molecular weight excluding hydrogens is 383 g/mol. The molecule has 0 atom stereocenters. The van der Waals surface area contributed by atoms with Gasteiger partial charge in [-0.1, -0.05) is 0 Å². The van der Waals surface area contributed by atoms with Crippen molar-refractivity contribution >= 4 is 26.2 Å². The van der Waals surface area contributed by atoms with E-state index in [9.17, 15) is 26.3 Å². The molecule has 0 unspecified atom stereocenters. The van der Waals surface area contributed by atoms with E-state index in [2.05, 4.69) is 0 Å². The number of halogens is 6. The number of rotatable bonds is 2. The van der Waals surface area contributed by atoms with E-state index in [4.69, 9.17) is 0 Å². The van der Waals surface area contributed by atoms with Gasteiger partial charge in [-0.15, -0.1) is 0 Å². The Morgan fingerprint density at radius 3 is 1.08 bits per heavy atom. The predicted octanol–water partition coefficient (Wildman–Crippen LogP) is 2.90. The summed E-state index contributed by atoms with van der Waals surface area (Å²) in [6, 6.07) is 0. The van der Waals surface area contributed by atoms with E-state index in [0.29, 0.717) is 0 Å². The molecule has 3 radical (unpaired) electrons. The molecule has 0 aliphatic carbocycles. The summed E-state index contributed by atoms with van der Waals surface area (Å²) in [4.78, 5) is 0. The first-order valence-electron chi connectivity index (χ1n) is 2.84. The van der Waals surface area contributed by atoms with Crippen molar-refractivity contribution in [2.75, 3.05) is 0 Å². The Bertz CT molecular complexity index is 100. The molecule has 0 saturated heterocycles. The maximum Gasteiger partial charge on any atom is 0.389 e. The Labute approximate surface area is 84.4 Å². The van der Waals surface area contributed by atoms with Gasteiger partial charge >= 0.3 is 12.4 Å². The van der Waals surface area contributed by atoms with Crippen molar-refractivity contribution in [1.82, 2.24) is 0 Å². The molecule has 12 heavy (non-hydrogen) atoms. The van der Waals surface area contributed by atoms with Crippen LogP contribution in [0.25, 0.3) is 0 Å². The number of hydrogen-bond donors (Lipinski definition) is 0. The van der Waals surface area contributed by atoms with Gasteiger partial charge < -0.3 is 0 Å². The van der Waals surface area contributed by atoms with E-state index in [-0.39, 0.29) is 26.2 Å². The number of alkyl halides is 6. The van der Waals surface area contributed by atoms with Gasteiger partial charge in [-0.25, -0.2) is 0 Å². The molecule has 0 fully saturated rings. The first kappa shape index (κ1) is 15.0. The van der Waals surface area contributed by atoms with Crippen molar-refractivity contribution in [3.63, 3.8) is 0 Å². The minimum absolute atomic E-state index is 0. The summed E-state index contributed by atoms with van der Waals surface area (Å²) >= 11 is 0. The van der Waals surface area contributed by atoms with Crippen molar-refractivity contribution in [1.29, 1.82) is 0 Å². The molecule has 0 rings (SSSR count). The fourth-order valence-corrected chi connectivity index (χ4v) is 0.489. The Morgan fingerprint density at radius 2 is 0.917 bits per heavy atom. The second-order valence-electron chi connectivity index (χ2n) is 2.08. The summed E-state index contributed by atoms with van der Waals surface area (Å²) in [6.45, 7) is 0. The van der Waals surface area contributed by atoms with E-state index in [1.807, 2.05) is 0 Å². The fourth-order valence-electron chi connectivity index (χ4n) is 0.489.